The van der Waals surface area contributed by atoms with E-state index in [1.807, 2.05) is 23.9 Å². The third kappa shape index (κ3) is 7.39. The molecule has 0 aliphatic rings. The zero-order valence-corrected chi connectivity index (χ0v) is 11.7. The summed E-state index contributed by atoms with van der Waals surface area (Å²) in [6.45, 7) is 9.70. The van der Waals surface area contributed by atoms with E-state index in [4.69, 9.17) is 0 Å². The molecule has 1 unspecified atom stereocenters. The van der Waals surface area contributed by atoms with Gasteiger partial charge in [-0.25, -0.2) is 4.58 Å². The van der Waals surface area contributed by atoms with Gasteiger partial charge in [0.25, 0.3) is 0 Å². The maximum atomic E-state index is 3.79. The molecular weight excluding hydrogens is 258 g/mol. The third-order valence-electron chi connectivity index (χ3n) is 1.77. The Balaban J connectivity index is 0. The van der Waals surface area contributed by atoms with Crippen LogP contribution < -0.4 is 17.0 Å². The van der Waals surface area contributed by atoms with E-state index in [9.17, 15) is 0 Å². The Morgan fingerprint density at radius 2 is 2.00 bits per heavy atom. The number of hydrogen-bond donors (Lipinski definition) is 0. The van der Waals surface area contributed by atoms with Crippen LogP contribution in [-0.2, 0) is 0 Å². The number of nitrogens with zero attached hydrogens (tertiary/aromatic N) is 1. The number of hydrogen-bond acceptors (Lipinski definition) is 1. The predicted octanol–water partition coefficient (Wildman–Crippen LogP) is -0.208. The van der Waals surface area contributed by atoms with Crippen LogP contribution in [0.4, 0.5) is 0 Å². The highest BCUT2D eigenvalue weighted by molar-refractivity contribution is 8.13. The third-order valence-corrected chi connectivity index (χ3v) is 3.03. The van der Waals surface area contributed by atoms with Crippen LogP contribution in [0.25, 0.3) is 0 Å². The van der Waals surface area contributed by atoms with Crippen molar-refractivity contribution < 1.29 is 21.6 Å². The largest absolute Gasteiger partial charge is 1.00 e. The Morgan fingerprint density at radius 3 is 2.36 bits per heavy atom. The SMILES string of the molecule is C=CCSC(CC(C)C=C)=[N+](C)C.[Br-]. The zero-order chi connectivity index (χ0) is 10.3. The summed E-state index contributed by atoms with van der Waals surface area (Å²) in [7, 11) is 4.17. The van der Waals surface area contributed by atoms with Crippen LogP contribution in [0.5, 0.6) is 0 Å². The van der Waals surface area contributed by atoms with E-state index in [1.165, 1.54) is 5.04 Å². The normalized spacial score (nSPS) is 11.1. The smallest absolute Gasteiger partial charge is 0.210 e. The Bertz CT molecular complexity index is 207. The van der Waals surface area contributed by atoms with Gasteiger partial charge in [0.2, 0.25) is 5.04 Å². The zero-order valence-electron chi connectivity index (χ0n) is 9.29. The van der Waals surface area contributed by atoms with Gasteiger partial charge in [-0.3, -0.25) is 0 Å². The quantitative estimate of drug-likeness (QED) is 0.291. The maximum Gasteiger partial charge on any atom is 0.210 e. The van der Waals surface area contributed by atoms with E-state index in [2.05, 4.69) is 38.8 Å². The minimum Gasteiger partial charge on any atom is -1.00 e. The summed E-state index contributed by atoms with van der Waals surface area (Å²) in [5, 5.41) is 1.40. The van der Waals surface area contributed by atoms with E-state index in [0.717, 1.165) is 12.2 Å². The van der Waals surface area contributed by atoms with Crippen LogP contribution >= 0.6 is 11.8 Å². The lowest BCUT2D eigenvalue weighted by molar-refractivity contribution is -0.462. The molecule has 0 fully saturated rings. The number of thioether (sulfide) groups is 1. The van der Waals surface area contributed by atoms with Crippen molar-refractivity contribution in [3.8, 4) is 0 Å². The van der Waals surface area contributed by atoms with Gasteiger partial charge in [0, 0.05) is 12.2 Å². The van der Waals surface area contributed by atoms with E-state index in [1.54, 1.807) is 0 Å². The van der Waals surface area contributed by atoms with Crippen molar-refractivity contribution in [2.24, 2.45) is 5.92 Å². The molecule has 82 valence electrons. The molecule has 1 nitrogen and oxygen atoms in total. The minimum atomic E-state index is 0. The molecule has 0 aliphatic heterocycles. The summed E-state index contributed by atoms with van der Waals surface area (Å²) in [5.74, 6) is 1.53. The van der Waals surface area contributed by atoms with Gasteiger partial charge in [-0.15, -0.1) is 13.2 Å². The number of halogens is 1. The summed E-state index contributed by atoms with van der Waals surface area (Å²) >= 11 is 1.85. The summed E-state index contributed by atoms with van der Waals surface area (Å²) in [4.78, 5) is 0. The lowest BCUT2D eigenvalue weighted by Gasteiger charge is -2.05. The molecule has 0 radical (unpaired) electrons. The van der Waals surface area contributed by atoms with Gasteiger partial charge in [-0.2, -0.15) is 0 Å². The highest BCUT2D eigenvalue weighted by Gasteiger charge is 2.11. The second-order valence-electron chi connectivity index (χ2n) is 3.30. The average Bonchev–Trinajstić information content (AvgIpc) is 2.11. The Labute approximate surface area is 103 Å². The molecule has 0 aromatic rings. The molecule has 0 heterocycles. The van der Waals surface area contributed by atoms with E-state index < -0.39 is 0 Å². The molecule has 0 aromatic carbocycles. The van der Waals surface area contributed by atoms with Crippen LogP contribution in [0, 0.1) is 5.92 Å². The van der Waals surface area contributed by atoms with E-state index >= 15 is 0 Å². The van der Waals surface area contributed by atoms with E-state index in [-0.39, 0.29) is 17.0 Å². The van der Waals surface area contributed by atoms with Gasteiger partial charge in [-0.05, 0) is 5.92 Å². The van der Waals surface area contributed by atoms with Crippen molar-refractivity contribution in [3.05, 3.63) is 25.3 Å². The van der Waals surface area contributed by atoms with Crippen molar-refractivity contribution >= 4 is 16.8 Å². The molecule has 0 aliphatic carbocycles. The molecule has 3 heteroatoms. The fraction of sp³-hybridized carbons (Fsp3) is 0.545. The fourth-order valence-electron chi connectivity index (χ4n) is 0.884. The number of rotatable bonds is 5. The van der Waals surface area contributed by atoms with Crippen molar-refractivity contribution in [2.75, 3.05) is 19.8 Å². The molecule has 14 heavy (non-hydrogen) atoms. The van der Waals surface area contributed by atoms with Crippen molar-refractivity contribution in [1.82, 2.24) is 0 Å². The van der Waals surface area contributed by atoms with Crippen LogP contribution in [0.15, 0.2) is 25.3 Å². The Hall–Kier alpha value is -0.0200. The second kappa shape index (κ2) is 9.53. The van der Waals surface area contributed by atoms with Gasteiger partial charge in [0.05, 0.1) is 0 Å². The summed E-state index contributed by atoms with van der Waals surface area (Å²) < 4.78 is 2.17. The highest BCUT2D eigenvalue weighted by atomic mass is 79.9. The minimum absolute atomic E-state index is 0. The number of allylic oxidation sites excluding steroid dienone is 1. The maximum absolute atomic E-state index is 3.79. The van der Waals surface area contributed by atoms with Gasteiger partial charge >= 0.3 is 0 Å². The van der Waals surface area contributed by atoms with Crippen molar-refractivity contribution in [2.45, 2.75) is 13.3 Å². The fourth-order valence-corrected chi connectivity index (χ4v) is 1.83. The summed E-state index contributed by atoms with van der Waals surface area (Å²) in [6, 6.07) is 0. The van der Waals surface area contributed by atoms with Crippen molar-refractivity contribution in [1.29, 1.82) is 0 Å². The Morgan fingerprint density at radius 1 is 1.43 bits per heavy atom. The first-order valence-electron chi connectivity index (χ1n) is 4.51. The predicted molar refractivity (Wildman–Crippen MR) is 63.7 cm³/mol. The van der Waals surface area contributed by atoms with Gasteiger partial charge in [0.1, 0.15) is 14.1 Å². The molecule has 0 saturated carbocycles. The molecule has 0 amide bonds. The summed E-state index contributed by atoms with van der Waals surface area (Å²) in [6.07, 6.45) is 5.01. The summed E-state index contributed by atoms with van der Waals surface area (Å²) in [5.41, 5.74) is 0. The molecule has 0 aromatic heterocycles. The molecule has 0 bridgehead atoms. The van der Waals surface area contributed by atoms with Crippen LogP contribution in [0.1, 0.15) is 13.3 Å². The molecule has 0 N–H and O–H groups in total. The Kier molecular flexibility index (Phi) is 11.2. The monoisotopic (exact) mass is 277 g/mol. The van der Waals surface area contributed by atoms with Crippen molar-refractivity contribution in [3.63, 3.8) is 0 Å². The molecule has 1 atom stereocenters. The first-order valence-corrected chi connectivity index (χ1v) is 5.49. The molecule has 0 saturated heterocycles. The van der Waals surface area contributed by atoms with Gasteiger partial charge in [0.15, 0.2) is 0 Å². The standard InChI is InChI=1S/C11H20NS.BrH/c1-6-8-13-11(12(4)5)9-10(3)7-2;/h6-7,10H,1-2,8-9H2,3-5H3;1H/q+1;/p-1. The molecular formula is C11H20BrNS. The lowest BCUT2D eigenvalue weighted by Crippen LogP contribution is -3.00. The van der Waals surface area contributed by atoms with E-state index in [0.29, 0.717) is 5.92 Å². The molecule has 0 spiro atoms. The van der Waals surface area contributed by atoms with Gasteiger partial charge in [-0.1, -0.05) is 30.8 Å². The highest BCUT2D eigenvalue weighted by Crippen LogP contribution is 2.13. The van der Waals surface area contributed by atoms with Crippen LogP contribution in [-0.4, -0.2) is 29.5 Å². The first kappa shape index (κ1) is 16.4. The average molecular weight is 278 g/mol. The van der Waals surface area contributed by atoms with Crippen LogP contribution in [0.3, 0.4) is 0 Å². The van der Waals surface area contributed by atoms with Crippen LogP contribution in [0.2, 0.25) is 0 Å². The lowest BCUT2D eigenvalue weighted by atomic mass is 10.1. The van der Waals surface area contributed by atoms with Gasteiger partial charge < -0.3 is 17.0 Å². The first-order chi connectivity index (χ1) is 6.11. The topological polar surface area (TPSA) is 3.01 Å². The second-order valence-corrected chi connectivity index (χ2v) is 4.40. The molecule has 0 rings (SSSR count).